The van der Waals surface area contributed by atoms with E-state index in [9.17, 15) is 9.18 Å². The number of halogens is 3. The standard InChI is InChI=1S/C25H21Cl2FN4O2/c1-16-6-9-24(34-16)21-15-23(32(29-21)17-7-8-18(26)19(27)14-17)25(33)31-12-10-30(11-13-31)22-5-3-2-4-20(22)28/h2-9,14-15H,10-13H2,1H3. The second-order valence-corrected chi connectivity index (χ2v) is 8.88. The van der Waals surface area contributed by atoms with Crippen LogP contribution in [0.5, 0.6) is 0 Å². The molecule has 3 heterocycles. The van der Waals surface area contributed by atoms with Crippen molar-refractivity contribution < 1.29 is 13.6 Å². The number of hydrogen-bond acceptors (Lipinski definition) is 4. The zero-order valence-electron chi connectivity index (χ0n) is 18.3. The van der Waals surface area contributed by atoms with Gasteiger partial charge in [-0.15, -0.1) is 0 Å². The number of piperazine rings is 1. The number of aryl methyl sites for hydroxylation is 1. The Morgan fingerprint density at radius 3 is 2.41 bits per heavy atom. The fourth-order valence-electron chi connectivity index (χ4n) is 4.06. The summed E-state index contributed by atoms with van der Waals surface area (Å²) in [5.74, 6) is 0.866. The number of anilines is 1. The number of rotatable bonds is 4. The molecule has 2 aromatic heterocycles. The van der Waals surface area contributed by atoms with E-state index in [-0.39, 0.29) is 11.7 Å². The van der Waals surface area contributed by atoms with Crippen LogP contribution in [0.3, 0.4) is 0 Å². The number of furan rings is 1. The second-order valence-electron chi connectivity index (χ2n) is 8.07. The molecule has 0 N–H and O–H groups in total. The first-order chi connectivity index (χ1) is 16.4. The molecule has 6 nitrogen and oxygen atoms in total. The molecule has 1 saturated heterocycles. The highest BCUT2D eigenvalue weighted by Gasteiger charge is 2.27. The molecule has 1 aliphatic heterocycles. The van der Waals surface area contributed by atoms with Gasteiger partial charge in [-0.3, -0.25) is 4.79 Å². The van der Waals surface area contributed by atoms with E-state index in [0.29, 0.717) is 64.7 Å². The maximum absolute atomic E-state index is 14.2. The summed E-state index contributed by atoms with van der Waals surface area (Å²) in [6.07, 6.45) is 0. The molecule has 0 saturated carbocycles. The van der Waals surface area contributed by atoms with E-state index in [1.807, 2.05) is 30.0 Å². The second kappa shape index (κ2) is 9.16. The topological polar surface area (TPSA) is 54.5 Å². The van der Waals surface area contributed by atoms with Crippen LogP contribution in [0.25, 0.3) is 17.1 Å². The Balaban J connectivity index is 1.45. The van der Waals surface area contributed by atoms with Gasteiger partial charge < -0.3 is 14.2 Å². The zero-order valence-corrected chi connectivity index (χ0v) is 19.9. The molecule has 2 aromatic carbocycles. The summed E-state index contributed by atoms with van der Waals surface area (Å²) < 4.78 is 21.5. The third kappa shape index (κ3) is 4.29. The number of hydrogen-bond donors (Lipinski definition) is 0. The van der Waals surface area contributed by atoms with Gasteiger partial charge in [-0.2, -0.15) is 5.10 Å². The first-order valence-corrected chi connectivity index (χ1v) is 11.6. The van der Waals surface area contributed by atoms with Crippen molar-refractivity contribution in [3.8, 4) is 17.1 Å². The van der Waals surface area contributed by atoms with Crippen LogP contribution in [-0.4, -0.2) is 46.8 Å². The van der Waals surface area contributed by atoms with Crippen LogP contribution in [0, 0.1) is 12.7 Å². The van der Waals surface area contributed by atoms with Gasteiger partial charge in [-0.25, -0.2) is 9.07 Å². The maximum Gasteiger partial charge on any atom is 0.272 e. The van der Waals surface area contributed by atoms with Crippen molar-refractivity contribution in [3.05, 3.63) is 88.0 Å². The summed E-state index contributed by atoms with van der Waals surface area (Å²) in [5.41, 5.74) is 2.07. The largest absolute Gasteiger partial charge is 0.460 e. The molecule has 0 atom stereocenters. The van der Waals surface area contributed by atoms with E-state index in [4.69, 9.17) is 27.6 Å². The number of benzene rings is 2. The van der Waals surface area contributed by atoms with E-state index in [2.05, 4.69) is 5.10 Å². The van der Waals surface area contributed by atoms with Gasteiger partial charge in [-0.05, 0) is 49.4 Å². The molecule has 174 valence electrons. The minimum atomic E-state index is -0.265. The summed E-state index contributed by atoms with van der Waals surface area (Å²) in [6, 6.07) is 17.1. The lowest BCUT2D eigenvalue weighted by Gasteiger charge is -2.36. The van der Waals surface area contributed by atoms with Gasteiger partial charge in [0.1, 0.15) is 23.0 Å². The highest BCUT2D eigenvalue weighted by atomic mass is 35.5. The Bertz CT molecular complexity index is 1360. The Hall–Kier alpha value is -3.29. The normalized spacial score (nSPS) is 14.0. The van der Waals surface area contributed by atoms with Crippen molar-refractivity contribution in [2.24, 2.45) is 0 Å². The molecular weight excluding hydrogens is 478 g/mol. The minimum Gasteiger partial charge on any atom is -0.460 e. The average molecular weight is 499 g/mol. The smallest absolute Gasteiger partial charge is 0.272 e. The molecule has 1 fully saturated rings. The Labute approximate surface area is 206 Å². The molecule has 0 bridgehead atoms. The fraction of sp³-hybridized carbons (Fsp3) is 0.200. The minimum absolute atomic E-state index is 0.179. The Kier molecular flexibility index (Phi) is 6.06. The van der Waals surface area contributed by atoms with Crippen molar-refractivity contribution in [3.63, 3.8) is 0 Å². The molecule has 9 heteroatoms. The van der Waals surface area contributed by atoms with E-state index in [0.717, 1.165) is 5.76 Å². The van der Waals surface area contributed by atoms with Crippen LogP contribution < -0.4 is 4.90 Å². The third-order valence-electron chi connectivity index (χ3n) is 5.83. The monoisotopic (exact) mass is 498 g/mol. The molecule has 0 aliphatic carbocycles. The van der Waals surface area contributed by atoms with Gasteiger partial charge in [0.15, 0.2) is 5.76 Å². The summed E-state index contributed by atoms with van der Waals surface area (Å²) in [7, 11) is 0. The average Bonchev–Trinajstić information content (AvgIpc) is 3.47. The summed E-state index contributed by atoms with van der Waals surface area (Å²) in [4.78, 5) is 17.3. The van der Waals surface area contributed by atoms with Crippen LogP contribution in [0.1, 0.15) is 16.2 Å². The van der Waals surface area contributed by atoms with Crippen molar-refractivity contribution >= 4 is 34.8 Å². The predicted molar refractivity (Wildman–Crippen MR) is 131 cm³/mol. The fourth-order valence-corrected chi connectivity index (χ4v) is 4.35. The molecule has 1 aliphatic rings. The van der Waals surface area contributed by atoms with Gasteiger partial charge >= 0.3 is 0 Å². The van der Waals surface area contributed by atoms with Crippen molar-refractivity contribution in [2.45, 2.75) is 6.92 Å². The molecule has 0 unspecified atom stereocenters. The number of aromatic nitrogens is 2. The summed E-state index contributed by atoms with van der Waals surface area (Å²) in [5, 5.41) is 5.41. The lowest BCUT2D eigenvalue weighted by Crippen LogP contribution is -2.49. The van der Waals surface area contributed by atoms with Crippen LogP contribution in [-0.2, 0) is 0 Å². The van der Waals surface area contributed by atoms with Gasteiger partial charge in [0, 0.05) is 32.2 Å². The zero-order chi connectivity index (χ0) is 23.8. The molecule has 0 spiro atoms. The van der Waals surface area contributed by atoms with Gasteiger partial charge in [0.25, 0.3) is 5.91 Å². The highest BCUT2D eigenvalue weighted by Crippen LogP contribution is 2.29. The van der Waals surface area contributed by atoms with Gasteiger partial charge in [0.2, 0.25) is 0 Å². The molecule has 1 amide bonds. The Morgan fingerprint density at radius 2 is 1.74 bits per heavy atom. The first-order valence-electron chi connectivity index (χ1n) is 10.8. The molecular formula is C25H21Cl2FN4O2. The van der Waals surface area contributed by atoms with E-state index >= 15 is 0 Å². The van der Waals surface area contributed by atoms with Crippen molar-refractivity contribution in [2.75, 3.05) is 31.1 Å². The van der Waals surface area contributed by atoms with Crippen LogP contribution in [0.15, 0.2) is 65.1 Å². The number of amides is 1. The highest BCUT2D eigenvalue weighted by molar-refractivity contribution is 6.42. The molecule has 5 rings (SSSR count). The van der Waals surface area contributed by atoms with Gasteiger partial charge in [0.05, 0.1) is 21.4 Å². The third-order valence-corrected chi connectivity index (χ3v) is 6.57. The van der Waals surface area contributed by atoms with Crippen LogP contribution in [0.4, 0.5) is 10.1 Å². The SMILES string of the molecule is Cc1ccc(-c2cc(C(=O)N3CCN(c4ccccc4F)CC3)n(-c3ccc(Cl)c(Cl)c3)n2)o1. The van der Waals surface area contributed by atoms with E-state index in [1.165, 1.54) is 6.07 Å². The quantitative estimate of drug-likeness (QED) is 0.354. The maximum atomic E-state index is 14.2. The lowest BCUT2D eigenvalue weighted by atomic mass is 10.2. The number of carbonyl (C=O) groups is 1. The van der Waals surface area contributed by atoms with Gasteiger partial charge in [-0.1, -0.05) is 35.3 Å². The van der Waals surface area contributed by atoms with Crippen LogP contribution in [0.2, 0.25) is 10.0 Å². The number of nitrogens with zero attached hydrogens (tertiary/aromatic N) is 4. The Morgan fingerprint density at radius 1 is 0.971 bits per heavy atom. The summed E-state index contributed by atoms with van der Waals surface area (Å²) in [6.45, 7) is 3.81. The molecule has 4 aromatic rings. The summed E-state index contributed by atoms with van der Waals surface area (Å²) >= 11 is 12.3. The first kappa shape index (κ1) is 22.5. The van der Waals surface area contributed by atoms with E-state index < -0.39 is 0 Å². The van der Waals surface area contributed by atoms with Crippen molar-refractivity contribution in [1.29, 1.82) is 0 Å². The number of carbonyl (C=O) groups excluding carboxylic acids is 1. The lowest BCUT2D eigenvalue weighted by molar-refractivity contribution is 0.0737. The van der Waals surface area contributed by atoms with E-state index in [1.54, 1.807) is 46.0 Å². The van der Waals surface area contributed by atoms with Crippen LogP contribution >= 0.6 is 23.2 Å². The predicted octanol–water partition coefficient (Wildman–Crippen LogP) is 5.85. The molecule has 34 heavy (non-hydrogen) atoms. The number of para-hydroxylation sites is 1. The van der Waals surface area contributed by atoms with Crippen molar-refractivity contribution in [1.82, 2.24) is 14.7 Å². The molecule has 0 radical (unpaired) electrons.